The maximum Gasteiger partial charge on any atom is 0.0300 e. The van der Waals surface area contributed by atoms with Crippen LogP contribution in [0.15, 0.2) is 42.5 Å². The van der Waals surface area contributed by atoms with Gasteiger partial charge in [0.05, 0.1) is 0 Å². The Labute approximate surface area is 123 Å². The van der Waals surface area contributed by atoms with Crippen molar-refractivity contribution in [1.29, 1.82) is 0 Å². The lowest BCUT2D eigenvalue weighted by atomic mass is 9.98. The van der Waals surface area contributed by atoms with Gasteiger partial charge in [-0.1, -0.05) is 53.6 Å². The van der Waals surface area contributed by atoms with Gasteiger partial charge in [-0.15, -0.1) is 0 Å². The van der Waals surface area contributed by atoms with Crippen molar-refractivity contribution in [2.24, 2.45) is 0 Å². The Balaban J connectivity index is 2.12. The number of nitrogens with one attached hydrogen (secondary N) is 1. The maximum atomic E-state index is 3.70. The van der Waals surface area contributed by atoms with Crippen molar-refractivity contribution < 1.29 is 0 Å². The summed E-state index contributed by atoms with van der Waals surface area (Å²) in [6, 6.07) is 16.2. The fourth-order valence-electron chi connectivity index (χ4n) is 2.64. The lowest BCUT2D eigenvalue weighted by molar-refractivity contribution is 0.493. The normalized spacial score (nSPS) is 14.1. The van der Waals surface area contributed by atoms with E-state index in [-0.39, 0.29) is 0 Å². The van der Waals surface area contributed by atoms with Crippen LogP contribution < -0.4 is 5.32 Å². The zero-order valence-electron chi connectivity index (χ0n) is 13.2. The molecule has 0 aromatic heterocycles. The second kappa shape index (κ2) is 6.23. The molecule has 0 heterocycles. The minimum absolute atomic E-state index is 0.352. The van der Waals surface area contributed by atoms with Gasteiger partial charge in [0.15, 0.2) is 0 Å². The summed E-state index contributed by atoms with van der Waals surface area (Å²) in [7, 11) is 0. The highest BCUT2D eigenvalue weighted by Gasteiger charge is 2.12. The Morgan fingerprint density at radius 3 is 2.00 bits per heavy atom. The third-order valence-corrected chi connectivity index (χ3v) is 3.98. The van der Waals surface area contributed by atoms with Crippen LogP contribution in [-0.2, 0) is 0 Å². The summed E-state index contributed by atoms with van der Waals surface area (Å²) in [5, 5.41) is 3.70. The molecule has 0 aliphatic rings. The highest BCUT2D eigenvalue weighted by Crippen LogP contribution is 2.23. The van der Waals surface area contributed by atoms with Crippen LogP contribution in [0.2, 0.25) is 0 Å². The van der Waals surface area contributed by atoms with Gasteiger partial charge >= 0.3 is 0 Å². The van der Waals surface area contributed by atoms with Crippen LogP contribution in [0.1, 0.15) is 53.7 Å². The first-order valence-electron chi connectivity index (χ1n) is 7.37. The predicted molar refractivity (Wildman–Crippen MR) is 87.1 cm³/mol. The molecule has 0 fully saturated rings. The van der Waals surface area contributed by atoms with Gasteiger partial charge in [-0.2, -0.15) is 0 Å². The molecule has 1 N–H and O–H groups in total. The lowest BCUT2D eigenvalue weighted by Gasteiger charge is -2.22. The Kier molecular flexibility index (Phi) is 4.61. The molecule has 2 rings (SSSR count). The van der Waals surface area contributed by atoms with E-state index in [2.05, 4.69) is 82.4 Å². The SMILES string of the molecule is Cc1ccc(C(C)NC(C)c2cc(C)ccc2C)cc1. The molecular weight excluding hydrogens is 242 g/mol. The molecule has 0 radical (unpaired) electrons. The van der Waals surface area contributed by atoms with Gasteiger partial charge in [-0.05, 0) is 51.3 Å². The molecule has 0 saturated heterocycles. The molecule has 1 nitrogen and oxygen atoms in total. The second-order valence-corrected chi connectivity index (χ2v) is 5.88. The van der Waals surface area contributed by atoms with Gasteiger partial charge in [0.25, 0.3) is 0 Å². The third kappa shape index (κ3) is 3.49. The van der Waals surface area contributed by atoms with Crippen molar-refractivity contribution in [2.75, 3.05) is 0 Å². The van der Waals surface area contributed by atoms with Gasteiger partial charge in [-0.25, -0.2) is 0 Å². The van der Waals surface area contributed by atoms with E-state index in [1.165, 1.54) is 27.8 Å². The van der Waals surface area contributed by atoms with Crippen LogP contribution in [0, 0.1) is 20.8 Å². The summed E-state index contributed by atoms with van der Waals surface area (Å²) in [4.78, 5) is 0. The molecule has 2 aromatic rings. The standard InChI is InChI=1S/C19H25N/c1-13-7-10-18(11-8-13)16(4)20-17(5)19-12-14(2)6-9-15(19)3/h6-12,16-17,20H,1-5H3. The second-order valence-electron chi connectivity index (χ2n) is 5.88. The summed E-state index contributed by atoms with van der Waals surface area (Å²) in [5.41, 5.74) is 6.72. The van der Waals surface area contributed by atoms with Crippen molar-refractivity contribution in [3.05, 3.63) is 70.3 Å². The monoisotopic (exact) mass is 267 g/mol. The Hall–Kier alpha value is -1.60. The summed E-state index contributed by atoms with van der Waals surface area (Å²) in [6.45, 7) is 10.9. The largest absolute Gasteiger partial charge is 0.304 e. The minimum Gasteiger partial charge on any atom is -0.304 e. The molecule has 0 aliphatic carbocycles. The Morgan fingerprint density at radius 1 is 0.750 bits per heavy atom. The number of hydrogen-bond acceptors (Lipinski definition) is 1. The average Bonchev–Trinajstić information content (AvgIpc) is 2.42. The molecule has 0 saturated carbocycles. The van der Waals surface area contributed by atoms with E-state index in [0.29, 0.717) is 12.1 Å². The van der Waals surface area contributed by atoms with E-state index >= 15 is 0 Å². The van der Waals surface area contributed by atoms with Crippen molar-refractivity contribution in [2.45, 2.75) is 46.7 Å². The smallest absolute Gasteiger partial charge is 0.0300 e. The molecule has 2 aromatic carbocycles. The van der Waals surface area contributed by atoms with Crippen LogP contribution in [0.4, 0.5) is 0 Å². The van der Waals surface area contributed by atoms with Gasteiger partial charge in [-0.3, -0.25) is 0 Å². The van der Waals surface area contributed by atoms with Crippen molar-refractivity contribution in [3.63, 3.8) is 0 Å². The van der Waals surface area contributed by atoms with Crippen molar-refractivity contribution >= 4 is 0 Å². The molecule has 0 spiro atoms. The molecule has 2 atom stereocenters. The number of aryl methyl sites for hydroxylation is 3. The number of rotatable bonds is 4. The van der Waals surface area contributed by atoms with Crippen LogP contribution in [0.5, 0.6) is 0 Å². The average molecular weight is 267 g/mol. The van der Waals surface area contributed by atoms with E-state index in [9.17, 15) is 0 Å². The molecule has 0 bridgehead atoms. The number of hydrogen-bond donors (Lipinski definition) is 1. The van der Waals surface area contributed by atoms with Gasteiger partial charge < -0.3 is 5.32 Å². The molecule has 20 heavy (non-hydrogen) atoms. The van der Waals surface area contributed by atoms with Crippen LogP contribution in [0.25, 0.3) is 0 Å². The van der Waals surface area contributed by atoms with Crippen LogP contribution >= 0.6 is 0 Å². The maximum absolute atomic E-state index is 3.70. The van der Waals surface area contributed by atoms with E-state index in [1.54, 1.807) is 0 Å². The summed E-state index contributed by atoms with van der Waals surface area (Å²) in [6.07, 6.45) is 0. The molecule has 106 valence electrons. The molecule has 0 aliphatic heterocycles. The summed E-state index contributed by atoms with van der Waals surface area (Å²) >= 11 is 0. The first-order chi connectivity index (χ1) is 9.47. The van der Waals surface area contributed by atoms with E-state index < -0.39 is 0 Å². The van der Waals surface area contributed by atoms with Crippen LogP contribution in [0.3, 0.4) is 0 Å². The minimum atomic E-state index is 0.352. The molecular formula is C19H25N. The summed E-state index contributed by atoms with van der Waals surface area (Å²) in [5.74, 6) is 0. The fraction of sp³-hybridized carbons (Fsp3) is 0.368. The van der Waals surface area contributed by atoms with Crippen molar-refractivity contribution in [1.82, 2.24) is 5.32 Å². The first-order valence-corrected chi connectivity index (χ1v) is 7.37. The van der Waals surface area contributed by atoms with Crippen molar-refractivity contribution in [3.8, 4) is 0 Å². The molecule has 1 heteroatoms. The molecule has 0 amide bonds. The van der Waals surface area contributed by atoms with E-state index in [1.807, 2.05) is 0 Å². The van der Waals surface area contributed by atoms with Gasteiger partial charge in [0, 0.05) is 12.1 Å². The van der Waals surface area contributed by atoms with E-state index in [0.717, 1.165) is 0 Å². The number of benzene rings is 2. The van der Waals surface area contributed by atoms with Gasteiger partial charge in [0.2, 0.25) is 0 Å². The van der Waals surface area contributed by atoms with Crippen LogP contribution in [-0.4, -0.2) is 0 Å². The first kappa shape index (κ1) is 14.8. The predicted octanol–water partition coefficient (Wildman–Crippen LogP) is 5.02. The zero-order chi connectivity index (χ0) is 14.7. The quantitative estimate of drug-likeness (QED) is 0.819. The fourth-order valence-corrected chi connectivity index (χ4v) is 2.64. The summed E-state index contributed by atoms with van der Waals surface area (Å²) < 4.78 is 0. The highest BCUT2D eigenvalue weighted by molar-refractivity contribution is 5.33. The topological polar surface area (TPSA) is 12.0 Å². The van der Waals surface area contributed by atoms with E-state index in [4.69, 9.17) is 0 Å². The van der Waals surface area contributed by atoms with Gasteiger partial charge in [0.1, 0.15) is 0 Å². The Morgan fingerprint density at radius 2 is 1.35 bits per heavy atom. The zero-order valence-corrected chi connectivity index (χ0v) is 13.2. The Bertz CT molecular complexity index is 569. The highest BCUT2D eigenvalue weighted by atomic mass is 14.9. The molecule has 2 unspecified atom stereocenters. The third-order valence-electron chi connectivity index (χ3n) is 3.98. The lowest BCUT2D eigenvalue weighted by Crippen LogP contribution is -2.23.